The molecule has 32 heavy (non-hydrogen) atoms. The van der Waals surface area contributed by atoms with Gasteiger partial charge in [-0.15, -0.1) is 0 Å². The van der Waals surface area contributed by atoms with Crippen LogP contribution >= 0.6 is 0 Å². The van der Waals surface area contributed by atoms with E-state index in [-0.39, 0.29) is 11.7 Å². The normalized spacial score (nSPS) is 11.6. The number of phenols is 1. The Kier molecular flexibility index (Phi) is 5.85. The molecule has 0 saturated carbocycles. The summed E-state index contributed by atoms with van der Waals surface area (Å²) in [6, 6.07) is 22.3. The maximum Gasteiger partial charge on any atom is 0.416 e. The first-order chi connectivity index (χ1) is 15.4. The van der Waals surface area contributed by atoms with Crippen molar-refractivity contribution >= 4 is 12.2 Å². The van der Waals surface area contributed by atoms with Crippen molar-refractivity contribution in [1.82, 2.24) is 9.97 Å². The van der Waals surface area contributed by atoms with E-state index in [4.69, 9.17) is 0 Å². The molecule has 5 nitrogen and oxygen atoms in total. The van der Waals surface area contributed by atoms with Crippen LogP contribution in [0.15, 0.2) is 90.0 Å². The lowest BCUT2D eigenvalue weighted by molar-refractivity contribution is -0.137. The van der Waals surface area contributed by atoms with Crippen LogP contribution in [-0.4, -0.2) is 21.3 Å². The second-order valence-electron chi connectivity index (χ2n) is 6.87. The molecule has 0 radical (unpaired) electrons. The van der Waals surface area contributed by atoms with Gasteiger partial charge in [0, 0.05) is 11.1 Å². The largest absolute Gasteiger partial charge is 0.508 e. The van der Waals surface area contributed by atoms with Gasteiger partial charge in [0.15, 0.2) is 0 Å². The predicted molar refractivity (Wildman–Crippen MR) is 117 cm³/mol. The smallest absolute Gasteiger partial charge is 0.416 e. The van der Waals surface area contributed by atoms with Crippen molar-refractivity contribution in [2.75, 3.05) is 5.43 Å². The second-order valence-corrected chi connectivity index (χ2v) is 6.87. The number of hydrogen-bond donors (Lipinski definition) is 2. The van der Waals surface area contributed by atoms with E-state index in [1.807, 2.05) is 30.3 Å². The Morgan fingerprint density at radius 2 is 1.44 bits per heavy atom. The van der Waals surface area contributed by atoms with E-state index < -0.39 is 11.7 Å². The molecule has 0 aliphatic rings. The standard InChI is InChI=1S/C24H17F3N4O/c25-24(26,27)19-8-4-7-18(13-19)22-14-21(17-5-2-1-3-6-17)29-23(30-22)31-28-15-16-9-11-20(32)12-10-16/h1-15,32H,(H,29,30,31). The minimum atomic E-state index is -4.46. The molecule has 0 saturated heterocycles. The number of aromatic hydroxyl groups is 1. The van der Waals surface area contributed by atoms with Gasteiger partial charge in [-0.2, -0.15) is 18.3 Å². The van der Waals surface area contributed by atoms with Crippen LogP contribution < -0.4 is 5.43 Å². The van der Waals surface area contributed by atoms with Crippen LogP contribution in [0.2, 0.25) is 0 Å². The highest BCUT2D eigenvalue weighted by molar-refractivity contribution is 5.80. The third kappa shape index (κ3) is 5.10. The van der Waals surface area contributed by atoms with Gasteiger partial charge in [-0.1, -0.05) is 42.5 Å². The van der Waals surface area contributed by atoms with Crippen LogP contribution in [0.1, 0.15) is 11.1 Å². The van der Waals surface area contributed by atoms with Crippen molar-refractivity contribution in [1.29, 1.82) is 0 Å². The van der Waals surface area contributed by atoms with Gasteiger partial charge < -0.3 is 5.11 Å². The molecule has 1 aromatic heterocycles. The number of aromatic nitrogens is 2. The minimum Gasteiger partial charge on any atom is -0.508 e. The molecule has 0 aliphatic carbocycles. The Bertz CT molecular complexity index is 1240. The Hall–Kier alpha value is -4.20. The summed E-state index contributed by atoms with van der Waals surface area (Å²) in [7, 11) is 0. The molecule has 0 aliphatic heterocycles. The molecule has 8 heteroatoms. The number of hydrazone groups is 1. The van der Waals surface area contributed by atoms with Crippen molar-refractivity contribution in [2.24, 2.45) is 5.10 Å². The summed E-state index contributed by atoms with van der Waals surface area (Å²) in [4.78, 5) is 8.80. The number of benzene rings is 3. The first kappa shape index (κ1) is 21.0. The summed E-state index contributed by atoms with van der Waals surface area (Å²) >= 11 is 0. The van der Waals surface area contributed by atoms with Gasteiger partial charge in [0.05, 0.1) is 23.2 Å². The van der Waals surface area contributed by atoms with Crippen LogP contribution in [0, 0.1) is 0 Å². The summed E-state index contributed by atoms with van der Waals surface area (Å²) in [5.41, 5.74) is 4.67. The fourth-order valence-electron chi connectivity index (χ4n) is 2.98. The highest BCUT2D eigenvalue weighted by Gasteiger charge is 2.30. The van der Waals surface area contributed by atoms with E-state index in [0.29, 0.717) is 17.0 Å². The van der Waals surface area contributed by atoms with Gasteiger partial charge in [0.1, 0.15) is 5.75 Å². The number of phenolic OH excluding ortho intramolecular Hbond substituents is 1. The Morgan fingerprint density at radius 3 is 2.12 bits per heavy atom. The number of alkyl halides is 3. The van der Waals surface area contributed by atoms with E-state index >= 15 is 0 Å². The van der Waals surface area contributed by atoms with Gasteiger partial charge in [-0.25, -0.2) is 15.4 Å². The number of hydrogen-bond acceptors (Lipinski definition) is 5. The summed E-state index contributed by atoms with van der Waals surface area (Å²) in [5.74, 6) is 0.272. The summed E-state index contributed by atoms with van der Waals surface area (Å²) < 4.78 is 39.5. The summed E-state index contributed by atoms with van der Waals surface area (Å²) in [6.07, 6.45) is -2.94. The number of anilines is 1. The van der Waals surface area contributed by atoms with Crippen LogP contribution in [0.25, 0.3) is 22.5 Å². The van der Waals surface area contributed by atoms with Crippen LogP contribution in [0.4, 0.5) is 19.1 Å². The van der Waals surface area contributed by atoms with Gasteiger partial charge in [0.2, 0.25) is 5.95 Å². The highest BCUT2D eigenvalue weighted by atomic mass is 19.4. The molecular formula is C24H17F3N4O. The predicted octanol–water partition coefficient (Wildman–Crippen LogP) is 5.98. The van der Waals surface area contributed by atoms with Crippen molar-refractivity contribution < 1.29 is 18.3 Å². The third-order valence-corrected chi connectivity index (χ3v) is 4.55. The SMILES string of the molecule is Oc1ccc(C=NNc2nc(-c3ccccc3)cc(-c3cccc(C(F)(F)F)c3)n2)cc1. The molecule has 4 rings (SSSR count). The lowest BCUT2D eigenvalue weighted by atomic mass is 10.1. The number of nitrogens with one attached hydrogen (secondary N) is 1. The van der Waals surface area contributed by atoms with Gasteiger partial charge >= 0.3 is 6.18 Å². The molecule has 2 N–H and O–H groups in total. The highest BCUT2D eigenvalue weighted by Crippen LogP contribution is 2.32. The molecule has 4 aromatic rings. The van der Waals surface area contributed by atoms with Crippen molar-refractivity contribution in [2.45, 2.75) is 6.18 Å². The third-order valence-electron chi connectivity index (χ3n) is 4.55. The fraction of sp³-hybridized carbons (Fsp3) is 0.0417. The van der Waals surface area contributed by atoms with Gasteiger partial charge in [-0.3, -0.25) is 0 Å². The molecule has 3 aromatic carbocycles. The topological polar surface area (TPSA) is 70.4 Å². The first-order valence-electron chi connectivity index (χ1n) is 9.59. The summed E-state index contributed by atoms with van der Waals surface area (Å²) in [6.45, 7) is 0. The van der Waals surface area contributed by atoms with Gasteiger partial charge in [-0.05, 0) is 48.0 Å². The maximum atomic E-state index is 13.2. The quantitative estimate of drug-likeness (QED) is 0.299. The van der Waals surface area contributed by atoms with E-state index in [2.05, 4.69) is 20.5 Å². The van der Waals surface area contributed by atoms with E-state index in [1.54, 1.807) is 24.3 Å². The molecule has 0 atom stereocenters. The molecule has 0 amide bonds. The maximum absolute atomic E-state index is 13.2. The second kappa shape index (κ2) is 8.89. The van der Waals surface area contributed by atoms with Crippen LogP contribution in [-0.2, 0) is 6.18 Å². The van der Waals surface area contributed by atoms with Gasteiger partial charge in [0.25, 0.3) is 0 Å². The molecule has 0 spiro atoms. The first-order valence-corrected chi connectivity index (χ1v) is 9.59. The number of nitrogens with zero attached hydrogens (tertiary/aromatic N) is 3. The molecule has 0 unspecified atom stereocenters. The van der Waals surface area contributed by atoms with E-state index in [9.17, 15) is 18.3 Å². The number of halogens is 3. The van der Waals surface area contributed by atoms with Crippen molar-refractivity contribution in [3.63, 3.8) is 0 Å². The Morgan fingerprint density at radius 1 is 0.781 bits per heavy atom. The van der Waals surface area contributed by atoms with Crippen LogP contribution in [0.5, 0.6) is 5.75 Å². The van der Waals surface area contributed by atoms with E-state index in [0.717, 1.165) is 23.3 Å². The molecule has 0 bridgehead atoms. The summed E-state index contributed by atoms with van der Waals surface area (Å²) in [5, 5.41) is 13.5. The Balaban J connectivity index is 1.71. The zero-order valence-electron chi connectivity index (χ0n) is 16.6. The lowest BCUT2D eigenvalue weighted by Crippen LogP contribution is -2.05. The molecule has 160 valence electrons. The van der Waals surface area contributed by atoms with Crippen molar-refractivity contribution in [3.05, 3.63) is 96.1 Å². The van der Waals surface area contributed by atoms with Crippen molar-refractivity contribution in [3.8, 4) is 28.3 Å². The average molecular weight is 434 g/mol. The molecule has 0 fully saturated rings. The zero-order chi connectivity index (χ0) is 22.6. The Labute approximate surface area is 181 Å². The average Bonchev–Trinajstić information content (AvgIpc) is 2.80. The monoisotopic (exact) mass is 434 g/mol. The minimum absolute atomic E-state index is 0.133. The fourth-order valence-corrected chi connectivity index (χ4v) is 2.98. The number of rotatable bonds is 5. The molecular weight excluding hydrogens is 417 g/mol. The van der Waals surface area contributed by atoms with E-state index in [1.165, 1.54) is 24.4 Å². The lowest BCUT2D eigenvalue weighted by Gasteiger charge is -2.11. The zero-order valence-corrected chi connectivity index (χ0v) is 16.6. The van der Waals surface area contributed by atoms with Crippen LogP contribution in [0.3, 0.4) is 0 Å². The molecule has 1 heterocycles.